The fraction of sp³-hybridized carbons (Fsp3) is 0.154. The van der Waals surface area contributed by atoms with E-state index in [2.05, 4.69) is 5.10 Å². The van der Waals surface area contributed by atoms with Crippen molar-refractivity contribution in [1.82, 2.24) is 14.3 Å². The van der Waals surface area contributed by atoms with Gasteiger partial charge in [-0.15, -0.1) is 0 Å². The summed E-state index contributed by atoms with van der Waals surface area (Å²) in [6.07, 6.45) is 5.69. The van der Waals surface area contributed by atoms with Gasteiger partial charge in [-0.2, -0.15) is 5.10 Å². The number of aryl methyl sites for hydroxylation is 1. The largest absolute Gasteiger partial charge is 0.343 e. The van der Waals surface area contributed by atoms with E-state index in [0.29, 0.717) is 11.9 Å². The lowest BCUT2D eigenvalue weighted by Crippen LogP contribution is -1.96. The Morgan fingerprint density at radius 2 is 2.18 bits per heavy atom. The van der Waals surface area contributed by atoms with Crippen LogP contribution in [-0.2, 0) is 13.6 Å². The smallest absolute Gasteiger partial charge is 0.132 e. The molecule has 0 unspecified atom stereocenters. The van der Waals surface area contributed by atoms with E-state index in [0.717, 1.165) is 11.1 Å². The summed E-state index contributed by atoms with van der Waals surface area (Å²) in [5, 5.41) is 4.79. The molecule has 0 spiro atoms. The van der Waals surface area contributed by atoms with Crippen LogP contribution in [0.2, 0.25) is 0 Å². The predicted molar refractivity (Wildman–Crippen MR) is 64.2 cm³/mol. The van der Waals surface area contributed by atoms with Gasteiger partial charge in [0.2, 0.25) is 0 Å². The summed E-state index contributed by atoms with van der Waals surface area (Å²) in [7, 11) is 1.89. The number of aromatic nitrogens is 3. The first kappa shape index (κ1) is 10.1. The van der Waals surface area contributed by atoms with E-state index < -0.39 is 0 Å². The third-order valence-corrected chi connectivity index (χ3v) is 2.87. The van der Waals surface area contributed by atoms with Crippen LogP contribution in [0.4, 0.5) is 4.39 Å². The Kier molecular flexibility index (Phi) is 2.21. The van der Waals surface area contributed by atoms with Crippen LogP contribution in [0.1, 0.15) is 5.56 Å². The molecule has 0 amide bonds. The average molecular weight is 229 g/mol. The molecule has 0 N–H and O–H groups in total. The molecule has 0 saturated carbocycles. The van der Waals surface area contributed by atoms with Crippen LogP contribution in [0.3, 0.4) is 0 Å². The quantitative estimate of drug-likeness (QED) is 0.662. The highest BCUT2D eigenvalue weighted by molar-refractivity contribution is 5.80. The third kappa shape index (κ3) is 1.71. The van der Waals surface area contributed by atoms with Crippen molar-refractivity contribution in [3.8, 4) is 0 Å². The van der Waals surface area contributed by atoms with E-state index in [1.54, 1.807) is 16.8 Å². The number of rotatable bonds is 2. The van der Waals surface area contributed by atoms with Gasteiger partial charge in [0.25, 0.3) is 0 Å². The van der Waals surface area contributed by atoms with Crippen LogP contribution in [0.15, 0.2) is 42.9 Å². The highest BCUT2D eigenvalue weighted by Crippen LogP contribution is 2.19. The molecule has 17 heavy (non-hydrogen) atoms. The SMILES string of the molecule is Cn1cc(Cn2ccc3c(F)cccc32)cn1. The van der Waals surface area contributed by atoms with Gasteiger partial charge in [0.1, 0.15) is 5.82 Å². The van der Waals surface area contributed by atoms with Gasteiger partial charge in [0, 0.05) is 30.4 Å². The van der Waals surface area contributed by atoms with Crippen molar-refractivity contribution in [1.29, 1.82) is 0 Å². The molecule has 1 aromatic carbocycles. The first-order valence-electron chi connectivity index (χ1n) is 5.45. The molecule has 0 bridgehead atoms. The van der Waals surface area contributed by atoms with Crippen molar-refractivity contribution in [2.75, 3.05) is 0 Å². The zero-order valence-electron chi connectivity index (χ0n) is 9.47. The van der Waals surface area contributed by atoms with Crippen LogP contribution in [0.5, 0.6) is 0 Å². The van der Waals surface area contributed by atoms with Crippen LogP contribution >= 0.6 is 0 Å². The van der Waals surface area contributed by atoms with Crippen LogP contribution in [-0.4, -0.2) is 14.3 Å². The standard InChI is InChI=1S/C13H12FN3/c1-16-8-10(7-15-16)9-17-6-5-11-12(14)3-2-4-13(11)17/h2-8H,9H2,1H3. The second-order valence-corrected chi connectivity index (χ2v) is 4.14. The zero-order chi connectivity index (χ0) is 11.8. The van der Waals surface area contributed by atoms with Gasteiger partial charge < -0.3 is 4.57 Å². The Labute approximate surface area is 98.1 Å². The Bertz CT molecular complexity index is 666. The minimum absolute atomic E-state index is 0.174. The zero-order valence-corrected chi connectivity index (χ0v) is 9.47. The highest BCUT2D eigenvalue weighted by Gasteiger charge is 2.06. The lowest BCUT2D eigenvalue weighted by atomic mass is 10.2. The van der Waals surface area contributed by atoms with Crippen molar-refractivity contribution in [2.24, 2.45) is 7.05 Å². The minimum atomic E-state index is -0.174. The van der Waals surface area contributed by atoms with Crippen molar-refractivity contribution in [3.05, 3.63) is 54.2 Å². The molecule has 0 radical (unpaired) electrons. The Hall–Kier alpha value is -2.10. The van der Waals surface area contributed by atoms with Gasteiger partial charge in [0.15, 0.2) is 0 Å². The number of nitrogens with zero attached hydrogens (tertiary/aromatic N) is 3. The monoisotopic (exact) mass is 229 g/mol. The highest BCUT2D eigenvalue weighted by atomic mass is 19.1. The molecule has 0 aliphatic heterocycles. The minimum Gasteiger partial charge on any atom is -0.343 e. The second kappa shape index (κ2) is 3.73. The molecule has 0 saturated heterocycles. The van der Waals surface area contributed by atoms with Gasteiger partial charge in [-0.3, -0.25) is 4.68 Å². The van der Waals surface area contributed by atoms with Gasteiger partial charge in [-0.1, -0.05) is 6.07 Å². The number of hydrogen-bond acceptors (Lipinski definition) is 1. The van der Waals surface area contributed by atoms with Crippen molar-refractivity contribution in [2.45, 2.75) is 6.54 Å². The van der Waals surface area contributed by atoms with E-state index in [9.17, 15) is 4.39 Å². The maximum absolute atomic E-state index is 13.5. The van der Waals surface area contributed by atoms with E-state index in [-0.39, 0.29) is 5.82 Å². The van der Waals surface area contributed by atoms with Crippen LogP contribution in [0, 0.1) is 5.82 Å². The van der Waals surface area contributed by atoms with Gasteiger partial charge >= 0.3 is 0 Å². The van der Waals surface area contributed by atoms with Gasteiger partial charge in [-0.25, -0.2) is 4.39 Å². The Morgan fingerprint density at radius 3 is 2.94 bits per heavy atom. The Balaban J connectivity index is 2.04. The van der Waals surface area contributed by atoms with E-state index in [1.165, 1.54) is 6.07 Å². The normalized spacial score (nSPS) is 11.2. The fourth-order valence-corrected chi connectivity index (χ4v) is 2.07. The molecular weight excluding hydrogens is 217 g/mol. The number of fused-ring (bicyclic) bond motifs is 1. The molecule has 0 aliphatic carbocycles. The van der Waals surface area contributed by atoms with E-state index >= 15 is 0 Å². The first-order valence-corrected chi connectivity index (χ1v) is 5.45. The number of benzene rings is 1. The third-order valence-electron chi connectivity index (χ3n) is 2.87. The summed E-state index contributed by atoms with van der Waals surface area (Å²) >= 11 is 0. The fourth-order valence-electron chi connectivity index (χ4n) is 2.07. The molecule has 0 fully saturated rings. The maximum atomic E-state index is 13.5. The Morgan fingerprint density at radius 1 is 1.29 bits per heavy atom. The van der Waals surface area contributed by atoms with Crippen LogP contribution < -0.4 is 0 Å². The number of hydrogen-bond donors (Lipinski definition) is 0. The molecule has 2 aromatic heterocycles. The average Bonchev–Trinajstić information content (AvgIpc) is 2.88. The summed E-state index contributed by atoms with van der Waals surface area (Å²) in [6, 6.07) is 6.95. The predicted octanol–water partition coefficient (Wildman–Crippen LogP) is 2.56. The van der Waals surface area contributed by atoms with E-state index in [4.69, 9.17) is 0 Å². The summed E-state index contributed by atoms with van der Waals surface area (Å²) in [5.41, 5.74) is 2.02. The molecule has 3 nitrogen and oxygen atoms in total. The van der Waals surface area contributed by atoms with Crippen LogP contribution in [0.25, 0.3) is 10.9 Å². The maximum Gasteiger partial charge on any atom is 0.132 e. The second-order valence-electron chi connectivity index (χ2n) is 4.14. The van der Waals surface area contributed by atoms with Crippen molar-refractivity contribution < 1.29 is 4.39 Å². The lowest BCUT2D eigenvalue weighted by Gasteiger charge is -2.03. The summed E-state index contributed by atoms with van der Waals surface area (Å²) in [6.45, 7) is 0.709. The molecule has 4 heteroatoms. The first-order chi connectivity index (χ1) is 8.24. The summed E-state index contributed by atoms with van der Waals surface area (Å²) < 4.78 is 17.3. The van der Waals surface area contributed by atoms with Gasteiger partial charge in [0.05, 0.1) is 18.3 Å². The topological polar surface area (TPSA) is 22.8 Å². The summed E-state index contributed by atoms with van der Waals surface area (Å²) in [4.78, 5) is 0. The molecular formula is C13H12FN3. The van der Waals surface area contributed by atoms with Gasteiger partial charge in [-0.05, 0) is 18.2 Å². The molecule has 3 rings (SSSR count). The lowest BCUT2D eigenvalue weighted by molar-refractivity contribution is 0.639. The summed E-state index contributed by atoms with van der Waals surface area (Å²) in [5.74, 6) is -0.174. The van der Waals surface area contributed by atoms with E-state index in [1.807, 2.05) is 36.3 Å². The number of halogens is 1. The molecule has 86 valence electrons. The van der Waals surface area contributed by atoms with Crippen molar-refractivity contribution in [3.63, 3.8) is 0 Å². The molecule has 0 aliphatic rings. The van der Waals surface area contributed by atoms with Crippen molar-refractivity contribution >= 4 is 10.9 Å². The molecule has 3 aromatic rings. The molecule has 0 atom stereocenters. The molecule has 2 heterocycles.